The Morgan fingerprint density at radius 1 is 1.07 bits per heavy atom. The van der Waals surface area contributed by atoms with Crippen LogP contribution >= 0.6 is 0 Å². The lowest BCUT2D eigenvalue weighted by molar-refractivity contribution is -0.137. The Hall–Kier alpha value is -3.55. The van der Waals surface area contributed by atoms with Crippen molar-refractivity contribution in [3.63, 3.8) is 0 Å². The van der Waals surface area contributed by atoms with E-state index in [2.05, 4.69) is 15.2 Å². The molecule has 4 rings (SSSR count). The van der Waals surface area contributed by atoms with E-state index in [0.29, 0.717) is 17.7 Å². The van der Waals surface area contributed by atoms with Crippen LogP contribution in [0.1, 0.15) is 57.4 Å². The molecule has 2 heterocycles. The number of amidine groups is 1. The molecule has 0 atom stereocenters. The first kappa shape index (κ1) is 33.3. The number of hydrogen-bond donors (Lipinski definition) is 1. The summed E-state index contributed by atoms with van der Waals surface area (Å²) in [5.74, 6) is -0.512. The molecule has 2 aliphatic heterocycles. The van der Waals surface area contributed by atoms with Crippen molar-refractivity contribution in [1.82, 2.24) is 19.4 Å². The summed E-state index contributed by atoms with van der Waals surface area (Å²) in [5.41, 5.74) is 0.797. The van der Waals surface area contributed by atoms with Crippen LogP contribution in [0, 0.1) is 13.8 Å². The summed E-state index contributed by atoms with van der Waals surface area (Å²) >= 11 is 0. The first-order valence-corrected chi connectivity index (χ1v) is 15.8. The van der Waals surface area contributed by atoms with Gasteiger partial charge >= 0.3 is 6.18 Å². The van der Waals surface area contributed by atoms with E-state index in [-0.39, 0.29) is 43.2 Å². The van der Waals surface area contributed by atoms with Crippen LogP contribution in [0.5, 0.6) is 0 Å². The van der Waals surface area contributed by atoms with Crippen LogP contribution in [0.2, 0.25) is 0 Å². The lowest BCUT2D eigenvalue weighted by Gasteiger charge is -2.34. The number of amides is 2. The van der Waals surface area contributed by atoms with Gasteiger partial charge in [0, 0.05) is 43.2 Å². The Bertz CT molecular complexity index is 1570. The lowest BCUT2D eigenvalue weighted by Crippen LogP contribution is -2.50. The number of carbonyl (C=O) groups is 2. The number of hydrogen-bond acceptors (Lipinski definition) is 6. The summed E-state index contributed by atoms with van der Waals surface area (Å²) in [6, 6.07) is 8.08. The molecule has 44 heavy (non-hydrogen) atoms. The number of piperidine rings is 1. The highest BCUT2D eigenvalue weighted by molar-refractivity contribution is 7.92. The summed E-state index contributed by atoms with van der Waals surface area (Å²) in [7, 11) is 1.87. The van der Waals surface area contributed by atoms with Gasteiger partial charge in [0.05, 0.1) is 5.56 Å². The highest BCUT2D eigenvalue weighted by Crippen LogP contribution is 2.34. The van der Waals surface area contributed by atoms with Crippen LogP contribution in [0.25, 0.3) is 6.08 Å². The SMILES string of the molecule is Cc1cc(C(=O)N(C)CCCN(C)C)cc(C)c1C=CS(=O)(=O)N1CCC2(CC1)N=C(c1cccc(C(F)(F)F)c1)NC2=O. The van der Waals surface area contributed by atoms with Crippen LogP contribution in [0.3, 0.4) is 0 Å². The van der Waals surface area contributed by atoms with Gasteiger partial charge in [-0.3, -0.25) is 14.6 Å². The molecule has 0 bridgehead atoms. The topological polar surface area (TPSA) is 102 Å². The fourth-order valence-electron chi connectivity index (χ4n) is 5.49. The first-order chi connectivity index (χ1) is 20.5. The Morgan fingerprint density at radius 3 is 2.30 bits per heavy atom. The average Bonchev–Trinajstić information content (AvgIpc) is 3.26. The Morgan fingerprint density at radius 2 is 1.70 bits per heavy atom. The van der Waals surface area contributed by atoms with Crippen LogP contribution in [0.15, 0.2) is 46.8 Å². The summed E-state index contributed by atoms with van der Waals surface area (Å²) in [4.78, 5) is 34.0. The molecule has 0 radical (unpaired) electrons. The predicted octanol–water partition coefficient (Wildman–Crippen LogP) is 4.06. The van der Waals surface area contributed by atoms with Gasteiger partial charge in [-0.2, -0.15) is 17.5 Å². The van der Waals surface area contributed by atoms with Gasteiger partial charge in [-0.1, -0.05) is 12.1 Å². The van der Waals surface area contributed by atoms with Crippen molar-refractivity contribution in [1.29, 1.82) is 0 Å². The molecular weight excluding hydrogens is 595 g/mol. The van der Waals surface area contributed by atoms with Gasteiger partial charge in [0.2, 0.25) is 10.0 Å². The number of aliphatic imine (C=N–C) groups is 1. The maximum absolute atomic E-state index is 13.2. The molecular formula is C31H38F3N5O4S. The highest BCUT2D eigenvalue weighted by atomic mass is 32.2. The largest absolute Gasteiger partial charge is 0.416 e. The molecule has 0 unspecified atom stereocenters. The van der Waals surface area contributed by atoms with Crippen LogP contribution in [0.4, 0.5) is 13.2 Å². The highest BCUT2D eigenvalue weighted by Gasteiger charge is 2.47. The molecule has 0 aliphatic carbocycles. The number of halogens is 3. The minimum absolute atomic E-state index is 0.0189. The van der Waals surface area contributed by atoms with E-state index in [1.165, 1.54) is 22.5 Å². The van der Waals surface area contributed by atoms with E-state index in [1.807, 2.05) is 27.9 Å². The number of nitrogens with one attached hydrogen (secondary N) is 1. The average molecular weight is 634 g/mol. The quantitative estimate of drug-likeness (QED) is 0.449. The zero-order chi connectivity index (χ0) is 32.4. The molecule has 13 heteroatoms. The molecule has 0 aromatic heterocycles. The molecule has 1 saturated heterocycles. The molecule has 2 amide bonds. The fraction of sp³-hybridized carbons (Fsp3) is 0.452. The fourth-order valence-corrected chi connectivity index (χ4v) is 6.66. The molecule has 238 valence electrons. The predicted molar refractivity (Wildman–Crippen MR) is 164 cm³/mol. The second-order valence-corrected chi connectivity index (χ2v) is 13.5. The van der Waals surface area contributed by atoms with Crippen LogP contribution in [-0.4, -0.2) is 93.0 Å². The third-order valence-corrected chi connectivity index (χ3v) is 9.61. The van der Waals surface area contributed by atoms with Gasteiger partial charge < -0.3 is 15.1 Å². The zero-order valence-corrected chi connectivity index (χ0v) is 26.3. The number of rotatable bonds is 9. The second-order valence-electron chi connectivity index (χ2n) is 11.7. The zero-order valence-electron chi connectivity index (χ0n) is 25.5. The summed E-state index contributed by atoms with van der Waals surface area (Å²) < 4.78 is 67.2. The molecule has 2 aromatic carbocycles. The molecule has 2 aromatic rings. The lowest BCUT2D eigenvalue weighted by atomic mass is 9.89. The van der Waals surface area contributed by atoms with E-state index in [9.17, 15) is 31.2 Å². The van der Waals surface area contributed by atoms with Gasteiger partial charge in [-0.15, -0.1) is 0 Å². The number of sulfonamides is 1. The molecule has 2 aliphatic rings. The Labute approximate surface area is 256 Å². The van der Waals surface area contributed by atoms with Crippen molar-refractivity contribution in [2.45, 2.75) is 44.8 Å². The number of benzene rings is 2. The standard InChI is InChI=1S/C31H38F3N5O4S/c1-21-18-24(28(40)38(5)14-7-13-37(3)4)19-22(2)26(21)10-17-44(42,43)39-15-11-30(12-16-39)29(41)35-27(36-30)23-8-6-9-25(20-23)31(32,33)34/h6,8-10,17-20H,7,11-16H2,1-5H3,(H,35,36,41). The minimum Gasteiger partial charge on any atom is -0.342 e. The number of alkyl halides is 3. The molecule has 1 N–H and O–H groups in total. The summed E-state index contributed by atoms with van der Waals surface area (Å²) in [6.45, 7) is 5.17. The van der Waals surface area contributed by atoms with Gasteiger partial charge in [0.25, 0.3) is 11.8 Å². The molecule has 1 fully saturated rings. The van der Waals surface area contributed by atoms with E-state index in [0.717, 1.165) is 41.6 Å². The van der Waals surface area contributed by atoms with E-state index >= 15 is 0 Å². The second kappa shape index (κ2) is 12.8. The third kappa shape index (κ3) is 7.39. The first-order valence-electron chi connectivity index (χ1n) is 14.3. The van der Waals surface area contributed by atoms with E-state index in [4.69, 9.17) is 0 Å². The molecule has 0 saturated carbocycles. The van der Waals surface area contributed by atoms with Crippen molar-refractivity contribution in [2.24, 2.45) is 4.99 Å². The molecule has 1 spiro atoms. The number of aryl methyl sites for hydroxylation is 2. The maximum atomic E-state index is 13.2. The number of carbonyl (C=O) groups excluding carboxylic acids is 2. The number of nitrogens with zero attached hydrogens (tertiary/aromatic N) is 4. The normalized spacial score (nSPS) is 17.4. The Kier molecular flexibility index (Phi) is 9.72. The summed E-state index contributed by atoms with van der Waals surface area (Å²) in [6.07, 6.45) is -2.00. The van der Waals surface area contributed by atoms with Crippen molar-refractivity contribution in [3.05, 3.63) is 75.2 Å². The van der Waals surface area contributed by atoms with Crippen LogP contribution in [-0.2, 0) is 21.0 Å². The van der Waals surface area contributed by atoms with Crippen molar-refractivity contribution < 1.29 is 31.2 Å². The van der Waals surface area contributed by atoms with Gasteiger partial charge in [0.1, 0.15) is 11.4 Å². The third-order valence-electron chi connectivity index (χ3n) is 8.05. The van der Waals surface area contributed by atoms with Gasteiger partial charge in [-0.25, -0.2) is 8.42 Å². The molecule has 9 nitrogen and oxygen atoms in total. The van der Waals surface area contributed by atoms with E-state index in [1.54, 1.807) is 24.1 Å². The van der Waals surface area contributed by atoms with Crippen LogP contribution < -0.4 is 5.32 Å². The van der Waals surface area contributed by atoms with Gasteiger partial charge in [0.15, 0.2) is 0 Å². The van der Waals surface area contributed by atoms with Crippen molar-refractivity contribution in [2.75, 3.05) is 47.3 Å². The monoisotopic (exact) mass is 633 g/mol. The minimum atomic E-state index is -4.54. The van der Waals surface area contributed by atoms with Crippen molar-refractivity contribution in [3.8, 4) is 0 Å². The Balaban J connectivity index is 1.44. The summed E-state index contributed by atoms with van der Waals surface area (Å²) in [5, 5.41) is 3.71. The van der Waals surface area contributed by atoms with Crippen molar-refractivity contribution >= 4 is 33.7 Å². The maximum Gasteiger partial charge on any atom is 0.416 e. The van der Waals surface area contributed by atoms with E-state index < -0.39 is 33.2 Å². The van der Waals surface area contributed by atoms with Gasteiger partial charge in [-0.05, 0) is 101 Å². The smallest absolute Gasteiger partial charge is 0.342 e.